The van der Waals surface area contributed by atoms with Gasteiger partial charge in [0.25, 0.3) is 0 Å². The van der Waals surface area contributed by atoms with Gasteiger partial charge in [-0.05, 0) is 55.5 Å². The predicted molar refractivity (Wildman–Crippen MR) is 151 cm³/mol. The molecule has 0 saturated carbocycles. The largest absolute Gasteiger partial charge is 0.0694 e. The maximum Gasteiger partial charge on any atom is -0.0107 e. The van der Waals surface area contributed by atoms with Gasteiger partial charge in [0.1, 0.15) is 0 Å². The SMILES string of the molecule is CC(C)P(c1ccccc1-c1ccc(-c2ccccc2P(C(C)C)C(C)C)cc1)C(C)C. The average molecular weight is 463 g/mol. The normalized spacial score (nSPS) is 12.2. The van der Waals surface area contributed by atoms with Gasteiger partial charge in [0.05, 0.1) is 0 Å². The zero-order valence-electron chi connectivity index (χ0n) is 21.1. The molecule has 3 aromatic rings. The highest BCUT2D eigenvalue weighted by molar-refractivity contribution is 7.67. The molecule has 0 radical (unpaired) electrons. The van der Waals surface area contributed by atoms with E-state index in [2.05, 4.69) is 128 Å². The molecule has 0 atom stereocenters. The van der Waals surface area contributed by atoms with E-state index >= 15 is 0 Å². The molecule has 0 bridgehead atoms. The minimum absolute atomic E-state index is 0.196. The van der Waals surface area contributed by atoms with E-state index in [1.807, 2.05) is 0 Å². The lowest BCUT2D eigenvalue weighted by molar-refractivity contribution is 1.02. The highest BCUT2D eigenvalue weighted by Gasteiger charge is 2.23. The molecule has 0 aliphatic carbocycles. The summed E-state index contributed by atoms with van der Waals surface area (Å²) in [4.78, 5) is 0. The Labute approximate surface area is 199 Å². The van der Waals surface area contributed by atoms with Crippen molar-refractivity contribution in [1.82, 2.24) is 0 Å². The number of rotatable bonds is 8. The van der Waals surface area contributed by atoms with Gasteiger partial charge in [0.15, 0.2) is 0 Å². The Bertz CT molecular complexity index is 901. The third-order valence-electron chi connectivity index (χ3n) is 6.10. The molecular formula is C30H40P2. The van der Waals surface area contributed by atoms with Gasteiger partial charge in [-0.2, -0.15) is 0 Å². The van der Waals surface area contributed by atoms with Gasteiger partial charge in [-0.25, -0.2) is 0 Å². The van der Waals surface area contributed by atoms with Crippen LogP contribution in [0.1, 0.15) is 55.4 Å². The van der Waals surface area contributed by atoms with Crippen LogP contribution >= 0.6 is 15.8 Å². The molecule has 0 aliphatic rings. The highest BCUT2D eigenvalue weighted by atomic mass is 31.1. The maximum absolute atomic E-state index is 2.38. The Hall–Kier alpha value is -1.48. The van der Waals surface area contributed by atoms with Gasteiger partial charge in [0, 0.05) is 0 Å². The molecule has 170 valence electrons. The second-order valence-corrected chi connectivity index (χ2v) is 16.5. The van der Waals surface area contributed by atoms with Crippen molar-refractivity contribution in [2.75, 3.05) is 0 Å². The maximum atomic E-state index is 2.38. The van der Waals surface area contributed by atoms with Crippen LogP contribution in [-0.4, -0.2) is 22.6 Å². The van der Waals surface area contributed by atoms with Crippen LogP contribution in [0.3, 0.4) is 0 Å². The third kappa shape index (κ3) is 5.53. The summed E-state index contributed by atoms with van der Waals surface area (Å²) >= 11 is 0. The first-order valence-corrected chi connectivity index (χ1v) is 15.0. The van der Waals surface area contributed by atoms with E-state index in [-0.39, 0.29) is 15.8 Å². The van der Waals surface area contributed by atoms with E-state index in [0.29, 0.717) is 22.6 Å². The number of hydrogen-bond donors (Lipinski definition) is 0. The van der Waals surface area contributed by atoms with E-state index in [9.17, 15) is 0 Å². The molecule has 2 heteroatoms. The highest BCUT2D eigenvalue weighted by Crippen LogP contribution is 2.48. The van der Waals surface area contributed by atoms with Crippen LogP contribution in [0.15, 0.2) is 72.8 Å². The quantitative estimate of drug-likeness (QED) is 0.293. The second kappa shape index (κ2) is 11.1. The standard InChI is InChI=1S/C30H40P2/c1-21(2)31(22(3)4)29-15-11-9-13-27(29)25-17-19-26(20-18-25)28-14-10-12-16-30(28)32(23(5)6)24(7)8/h9-24H,1-8H3. The van der Waals surface area contributed by atoms with Gasteiger partial charge in [0.2, 0.25) is 0 Å². The van der Waals surface area contributed by atoms with Crippen molar-refractivity contribution in [3.63, 3.8) is 0 Å². The lowest BCUT2D eigenvalue weighted by atomic mass is 10.0. The molecule has 0 aromatic heterocycles. The summed E-state index contributed by atoms with van der Waals surface area (Å²) in [5.74, 6) is 0. The molecule has 0 N–H and O–H groups in total. The molecule has 0 spiro atoms. The predicted octanol–water partition coefficient (Wildman–Crippen LogP) is 8.87. The second-order valence-electron chi connectivity index (χ2n) is 9.80. The Morgan fingerprint density at radius 2 is 0.688 bits per heavy atom. The van der Waals surface area contributed by atoms with Crippen LogP contribution < -0.4 is 10.6 Å². The van der Waals surface area contributed by atoms with E-state index in [0.717, 1.165) is 0 Å². The fraction of sp³-hybridized carbons (Fsp3) is 0.400. The molecule has 0 heterocycles. The minimum atomic E-state index is -0.196. The topological polar surface area (TPSA) is 0 Å². The van der Waals surface area contributed by atoms with Crippen molar-refractivity contribution in [1.29, 1.82) is 0 Å². The molecular weight excluding hydrogens is 422 g/mol. The first kappa shape index (κ1) is 25.1. The average Bonchev–Trinajstić information content (AvgIpc) is 2.74. The Kier molecular flexibility index (Phi) is 8.72. The smallest absolute Gasteiger partial charge is 0.0107 e. The van der Waals surface area contributed by atoms with Gasteiger partial charge in [-0.15, -0.1) is 0 Å². The van der Waals surface area contributed by atoms with Crippen molar-refractivity contribution in [2.24, 2.45) is 0 Å². The molecule has 0 unspecified atom stereocenters. The van der Waals surface area contributed by atoms with Gasteiger partial charge in [-0.1, -0.05) is 144 Å². The minimum Gasteiger partial charge on any atom is -0.0694 e. The number of hydrogen-bond acceptors (Lipinski definition) is 0. The first-order valence-electron chi connectivity index (χ1n) is 12.1. The summed E-state index contributed by atoms with van der Waals surface area (Å²) in [5, 5.41) is 3.09. The zero-order valence-corrected chi connectivity index (χ0v) is 22.9. The van der Waals surface area contributed by atoms with Gasteiger partial charge in [-0.3, -0.25) is 0 Å². The molecule has 3 aromatic carbocycles. The van der Waals surface area contributed by atoms with Gasteiger partial charge < -0.3 is 0 Å². The first-order chi connectivity index (χ1) is 15.2. The van der Waals surface area contributed by atoms with E-state index in [4.69, 9.17) is 0 Å². The molecule has 0 amide bonds. The summed E-state index contributed by atoms with van der Waals surface area (Å²) in [6.07, 6.45) is 0. The molecule has 0 saturated heterocycles. The molecule has 32 heavy (non-hydrogen) atoms. The Morgan fingerprint density at radius 1 is 0.406 bits per heavy atom. The molecule has 0 aliphatic heterocycles. The zero-order chi connectivity index (χ0) is 23.4. The fourth-order valence-corrected chi connectivity index (χ4v) is 11.1. The van der Waals surface area contributed by atoms with Crippen LogP contribution in [0.4, 0.5) is 0 Å². The lowest BCUT2D eigenvalue weighted by Crippen LogP contribution is -2.17. The monoisotopic (exact) mass is 462 g/mol. The van der Waals surface area contributed by atoms with Crippen LogP contribution in [0.2, 0.25) is 0 Å². The molecule has 0 nitrogen and oxygen atoms in total. The van der Waals surface area contributed by atoms with Crippen LogP contribution in [-0.2, 0) is 0 Å². The van der Waals surface area contributed by atoms with Crippen LogP contribution in [0.25, 0.3) is 22.3 Å². The summed E-state index contributed by atoms with van der Waals surface area (Å²) in [5.41, 5.74) is 8.23. The summed E-state index contributed by atoms with van der Waals surface area (Å²) in [7, 11) is -0.391. The van der Waals surface area contributed by atoms with Crippen LogP contribution in [0.5, 0.6) is 0 Å². The third-order valence-corrected chi connectivity index (χ3v) is 12.4. The van der Waals surface area contributed by atoms with Crippen molar-refractivity contribution >= 4 is 26.5 Å². The van der Waals surface area contributed by atoms with Crippen molar-refractivity contribution in [3.8, 4) is 22.3 Å². The summed E-state index contributed by atoms with van der Waals surface area (Å²) < 4.78 is 0. The molecule has 3 rings (SSSR count). The lowest BCUT2D eigenvalue weighted by Gasteiger charge is -2.29. The Morgan fingerprint density at radius 3 is 0.969 bits per heavy atom. The fourth-order valence-electron chi connectivity index (χ4n) is 5.02. The van der Waals surface area contributed by atoms with E-state index in [1.54, 1.807) is 10.6 Å². The van der Waals surface area contributed by atoms with Crippen molar-refractivity contribution in [3.05, 3.63) is 72.8 Å². The van der Waals surface area contributed by atoms with E-state index < -0.39 is 0 Å². The van der Waals surface area contributed by atoms with Crippen molar-refractivity contribution < 1.29 is 0 Å². The summed E-state index contributed by atoms with van der Waals surface area (Å²) in [6, 6.07) is 27.5. The number of benzene rings is 3. The van der Waals surface area contributed by atoms with Gasteiger partial charge >= 0.3 is 0 Å². The van der Waals surface area contributed by atoms with E-state index in [1.165, 1.54) is 22.3 Å². The van der Waals surface area contributed by atoms with Crippen LogP contribution in [0, 0.1) is 0 Å². The van der Waals surface area contributed by atoms with Crippen molar-refractivity contribution in [2.45, 2.75) is 78.0 Å². The Balaban J connectivity index is 2.03. The molecule has 0 fully saturated rings. The summed E-state index contributed by atoms with van der Waals surface area (Å²) in [6.45, 7) is 19.0.